The molecule has 1 fully saturated rings. The third-order valence-corrected chi connectivity index (χ3v) is 4.19. The van der Waals surface area contributed by atoms with Crippen LogP contribution in [0.4, 0.5) is 0 Å². The average Bonchev–Trinajstić information content (AvgIpc) is 2.68. The zero-order valence-corrected chi connectivity index (χ0v) is 11.1. The van der Waals surface area contributed by atoms with Crippen molar-refractivity contribution in [2.24, 2.45) is 0 Å². The van der Waals surface area contributed by atoms with Crippen LogP contribution in [0.2, 0.25) is 0 Å². The lowest BCUT2D eigenvalue weighted by Gasteiger charge is -2.06. The topological polar surface area (TPSA) is 42.0 Å². The number of pyridine rings is 1. The molecule has 5 heteroatoms. The molecule has 1 aliphatic heterocycles. The Morgan fingerprint density at radius 3 is 2.89 bits per heavy atom. The first kappa shape index (κ1) is 11.6. The van der Waals surface area contributed by atoms with Crippen LogP contribution in [0.15, 0.2) is 36.4 Å². The molecular weight excluding hydrogens is 264 g/mol. The van der Waals surface area contributed by atoms with Crippen molar-refractivity contribution >= 4 is 45.1 Å². The fourth-order valence-electron chi connectivity index (χ4n) is 1.94. The number of carbonyl (C=O) groups is 1. The number of fused-ring (bicyclic) bond motifs is 1. The number of amides is 1. The Balaban J connectivity index is 1.87. The Hall–Kier alpha value is -1.46. The normalized spacial score (nSPS) is 19.2. The molecule has 3 rings (SSSR count). The predicted octanol–water partition coefficient (Wildman–Crippen LogP) is 2.29. The average molecular weight is 274 g/mol. The van der Waals surface area contributed by atoms with E-state index >= 15 is 0 Å². The van der Waals surface area contributed by atoms with Crippen LogP contribution in [0.25, 0.3) is 10.9 Å². The van der Waals surface area contributed by atoms with Gasteiger partial charge in [-0.15, -0.1) is 0 Å². The molecule has 1 atom stereocenters. The number of nitrogens with one attached hydrogen (secondary N) is 1. The van der Waals surface area contributed by atoms with Crippen LogP contribution >= 0.6 is 24.0 Å². The van der Waals surface area contributed by atoms with E-state index in [1.165, 1.54) is 11.8 Å². The first-order chi connectivity index (χ1) is 8.72. The van der Waals surface area contributed by atoms with Crippen LogP contribution in [0.1, 0.15) is 5.69 Å². The molecule has 0 bridgehead atoms. The van der Waals surface area contributed by atoms with Crippen LogP contribution in [-0.4, -0.2) is 20.5 Å². The lowest BCUT2D eigenvalue weighted by Crippen LogP contribution is -2.25. The highest BCUT2D eigenvalue weighted by atomic mass is 32.2. The molecule has 2 heterocycles. The van der Waals surface area contributed by atoms with Gasteiger partial charge < -0.3 is 5.32 Å². The molecule has 0 radical (unpaired) electrons. The van der Waals surface area contributed by atoms with Gasteiger partial charge in [-0.2, -0.15) is 0 Å². The minimum Gasteiger partial charge on any atom is -0.311 e. The van der Waals surface area contributed by atoms with Gasteiger partial charge in [0.15, 0.2) is 0 Å². The van der Waals surface area contributed by atoms with E-state index in [9.17, 15) is 4.79 Å². The minimum atomic E-state index is -0.147. The van der Waals surface area contributed by atoms with Crippen LogP contribution in [0.5, 0.6) is 0 Å². The quantitative estimate of drug-likeness (QED) is 0.853. The summed E-state index contributed by atoms with van der Waals surface area (Å²) in [6.45, 7) is 0. The van der Waals surface area contributed by atoms with E-state index in [0.717, 1.165) is 16.6 Å². The molecule has 90 valence electrons. The van der Waals surface area contributed by atoms with Crippen molar-refractivity contribution < 1.29 is 4.79 Å². The smallest absolute Gasteiger partial charge is 0.239 e. The van der Waals surface area contributed by atoms with E-state index in [1.54, 1.807) is 0 Å². The molecule has 1 aromatic heterocycles. The number of thiocarbonyl (C=S) groups is 1. The fraction of sp³-hybridized carbons (Fsp3) is 0.154. The number of benzene rings is 1. The monoisotopic (exact) mass is 274 g/mol. The first-order valence-electron chi connectivity index (χ1n) is 5.58. The van der Waals surface area contributed by atoms with E-state index < -0.39 is 0 Å². The Bertz CT molecular complexity index is 642. The zero-order valence-electron chi connectivity index (χ0n) is 9.42. The number of hydrogen-bond acceptors (Lipinski definition) is 4. The predicted molar refractivity (Wildman–Crippen MR) is 77.6 cm³/mol. The molecule has 1 aromatic carbocycles. The van der Waals surface area contributed by atoms with Gasteiger partial charge >= 0.3 is 0 Å². The lowest BCUT2D eigenvalue weighted by molar-refractivity contribution is -0.118. The molecule has 1 unspecified atom stereocenters. The molecular formula is C13H10N2OS2. The van der Waals surface area contributed by atoms with Crippen LogP contribution in [-0.2, 0) is 11.2 Å². The number of para-hydroxylation sites is 1. The maximum atomic E-state index is 11.6. The number of nitrogens with zero attached hydrogens (tertiary/aromatic N) is 1. The van der Waals surface area contributed by atoms with Gasteiger partial charge in [0.2, 0.25) is 5.91 Å². The Labute approximate surface area is 114 Å². The summed E-state index contributed by atoms with van der Waals surface area (Å²) in [6, 6.07) is 12.0. The van der Waals surface area contributed by atoms with E-state index in [-0.39, 0.29) is 11.2 Å². The molecule has 1 N–H and O–H groups in total. The Morgan fingerprint density at radius 1 is 1.28 bits per heavy atom. The lowest BCUT2D eigenvalue weighted by atomic mass is 10.1. The molecule has 0 saturated carbocycles. The first-order valence-corrected chi connectivity index (χ1v) is 6.87. The van der Waals surface area contributed by atoms with Gasteiger partial charge in [-0.25, -0.2) is 0 Å². The van der Waals surface area contributed by atoms with Crippen molar-refractivity contribution in [2.45, 2.75) is 11.7 Å². The number of hydrogen-bond donors (Lipinski definition) is 1. The van der Waals surface area contributed by atoms with Crippen molar-refractivity contribution in [1.29, 1.82) is 0 Å². The molecule has 0 aliphatic carbocycles. The van der Waals surface area contributed by atoms with Gasteiger partial charge in [0.05, 0.1) is 10.8 Å². The molecule has 1 saturated heterocycles. The SMILES string of the molecule is O=C1NC(=S)SC1Cc1ccc2ccccc2n1. The summed E-state index contributed by atoms with van der Waals surface area (Å²) in [5.74, 6) is -0.0139. The van der Waals surface area contributed by atoms with Crippen molar-refractivity contribution in [3.63, 3.8) is 0 Å². The molecule has 0 spiro atoms. The van der Waals surface area contributed by atoms with Crippen molar-refractivity contribution in [3.05, 3.63) is 42.1 Å². The number of thioether (sulfide) groups is 1. The highest BCUT2D eigenvalue weighted by Gasteiger charge is 2.29. The molecule has 3 nitrogen and oxygen atoms in total. The highest BCUT2D eigenvalue weighted by Crippen LogP contribution is 2.23. The van der Waals surface area contributed by atoms with Gasteiger partial charge in [-0.3, -0.25) is 9.78 Å². The van der Waals surface area contributed by atoms with E-state index in [4.69, 9.17) is 12.2 Å². The second-order valence-electron chi connectivity index (χ2n) is 4.08. The summed E-state index contributed by atoms with van der Waals surface area (Å²) in [5, 5.41) is 3.62. The Morgan fingerprint density at radius 2 is 2.11 bits per heavy atom. The van der Waals surface area contributed by atoms with Gasteiger partial charge in [0.25, 0.3) is 0 Å². The van der Waals surface area contributed by atoms with Gasteiger partial charge in [-0.1, -0.05) is 48.2 Å². The highest BCUT2D eigenvalue weighted by molar-refractivity contribution is 8.24. The van der Waals surface area contributed by atoms with Crippen LogP contribution < -0.4 is 5.32 Å². The summed E-state index contributed by atoms with van der Waals surface area (Å²) in [7, 11) is 0. The largest absolute Gasteiger partial charge is 0.311 e. The van der Waals surface area contributed by atoms with Gasteiger partial charge in [0.1, 0.15) is 4.32 Å². The molecule has 1 amide bonds. The maximum Gasteiger partial charge on any atom is 0.239 e. The zero-order chi connectivity index (χ0) is 12.5. The van der Waals surface area contributed by atoms with E-state index in [2.05, 4.69) is 10.3 Å². The van der Waals surface area contributed by atoms with Crippen molar-refractivity contribution in [1.82, 2.24) is 10.3 Å². The van der Waals surface area contributed by atoms with Crippen molar-refractivity contribution in [2.75, 3.05) is 0 Å². The summed E-state index contributed by atoms with van der Waals surface area (Å²) in [5.41, 5.74) is 1.88. The second kappa shape index (κ2) is 4.66. The molecule has 1 aliphatic rings. The van der Waals surface area contributed by atoms with E-state index in [1.807, 2.05) is 36.4 Å². The van der Waals surface area contributed by atoms with Gasteiger partial charge in [-0.05, 0) is 12.1 Å². The standard InChI is InChI=1S/C13H10N2OS2/c16-12-11(18-13(17)15-12)7-9-6-5-8-3-1-2-4-10(8)14-9/h1-6,11H,7H2,(H,15,16,17). The van der Waals surface area contributed by atoms with Gasteiger partial charge in [0, 0.05) is 17.5 Å². The minimum absolute atomic E-state index is 0.0139. The molecule has 2 aromatic rings. The van der Waals surface area contributed by atoms with E-state index in [0.29, 0.717) is 10.7 Å². The second-order valence-corrected chi connectivity index (χ2v) is 5.96. The summed E-state index contributed by atoms with van der Waals surface area (Å²) >= 11 is 6.38. The van der Waals surface area contributed by atoms with Crippen LogP contribution in [0, 0.1) is 0 Å². The third-order valence-electron chi connectivity index (χ3n) is 2.82. The maximum absolute atomic E-state index is 11.6. The fourth-order valence-corrected chi connectivity index (χ4v) is 3.23. The Kier molecular flexibility index (Phi) is 3.01. The number of aromatic nitrogens is 1. The molecule has 18 heavy (non-hydrogen) atoms. The number of rotatable bonds is 2. The summed E-state index contributed by atoms with van der Waals surface area (Å²) < 4.78 is 0.561. The summed E-state index contributed by atoms with van der Waals surface area (Å²) in [6.07, 6.45) is 0.613. The number of carbonyl (C=O) groups excluding carboxylic acids is 1. The van der Waals surface area contributed by atoms with Crippen LogP contribution in [0.3, 0.4) is 0 Å². The van der Waals surface area contributed by atoms with Crippen molar-refractivity contribution in [3.8, 4) is 0 Å². The third kappa shape index (κ3) is 2.23. The summed E-state index contributed by atoms with van der Waals surface area (Å²) in [4.78, 5) is 16.2.